The Balaban J connectivity index is 1.83. The first-order chi connectivity index (χ1) is 12.5. The number of benzene rings is 2. The number of hydrogen-bond donors (Lipinski definition) is 1. The van der Waals surface area contributed by atoms with E-state index in [1.54, 1.807) is 43.3 Å². The van der Waals surface area contributed by atoms with E-state index >= 15 is 0 Å². The molecule has 0 radical (unpaired) electrons. The molecular formula is C17H12N6O3. The molecule has 0 fully saturated rings. The molecule has 2 aromatic heterocycles. The van der Waals surface area contributed by atoms with E-state index in [4.69, 9.17) is 0 Å². The predicted molar refractivity (Wildman–Crippen MR) is 94.1 cm³/mol. The van der Waals surface area contributed by atoms with E-state index in [0.717, 1.165) is 5.56 Å². The number of rotatable bonds is 3. The predicted octanol–water partition coefficient (Wildman–Crippen LogP) is 2.39. The van der Waals surface area contributed by atoms with Gasteiger partial charge in [0.1, 0.15) is 11.4 Å². The van der Waals surface area contributed by atoms with Gasteiger partial charge in [0.05, 0.1) is 22.0 Å². The molecule has 9 heteroatoms. The van der Waals surface area contributed by atoms with Crippen LogP contribution in [0.25, 0.3) is 28.1 Å². The number of aromatic nitrogens is 5. The molecule has 0 atom stereocenters. The zero-order valence-corrected chi connectivity index (χ0v) is 13.6. The molecule has 0 saturated carbocycles. The third-order valence-corrected chi connectivity index (χ3v) is 3.92. The van der Waals surface area contributed by atoms with Gasteiger partial charge in [-0.3, -0.25) is 14.9 Å². The Kier molecular flexibility index (Phi) is 3.54. The van der Waals surface area contributed by atoms with Crippen molar-refractivity contribution >= 4 is 16.6 Å². The van der Waals surface area contributed by atoms with Crippen molar-refractivity contribution in [2.24, 2.45) is 0 Å². The molecule has 4 rings (SSSR count). The topological polar surface area (TPSA) is 120 Å². The van der Waals surface area contributed by atoms with E-state index in [2.05, 4.69) is 20.3 Å². The second-order valence-electron chi connectivity index (χ2n) is 5.73. The first-order valence-corrected chi connectivity index (χ1v) is 7.70. The molecule has 26 heavy (non-hydrogen) atoms. The van der Waals surface area contributed by atoms with Gasteiger partial charge in [-0.15, -0.1) is 5.10 Å². The van der Waals surface area contributed by atoms with E-state index in [9.17, 15) is 14.9 Å². The fraction of sp³-hybridized carbons (Fsp3) is 0.0588. The van der Waals surface area contributed by atoms with Crippen molar-refractivity contribution in [1.82, 2.24) is 25.0 Å². The van der Waals surface area contributed by atoms with Crippen LogP contribution >= 0.6 is 0 Å². The van der Waals surface area contributed by atoms with Gasteiger partial charge in [0.25, 0.3) is 11.2 Å². The van der Waals surface area contributed by atoms with Crippen LogP contribution < -0.4 is 5.56 Å². The summed E-state index contributed by atoms with van der Waals surface area (Å²) in [5.41, 5.74) is 1.51. The van der Waals surface area contributed by atoms with Gasteiger partial charge in [-0.25, -0.2) is 9.67 Å². The number of para-hydroxylation sites is 1. The van der Waals surface area contributed by atoms with Gasteiger partial charge in [-0.1, -0.05) is 23.4 Å². The van der Waals surface area contributed by atoms with Gasteiger partial charge in [0, 0.05) is 6.07 Å². The normalized spacial score (nSPS) is 11.0. The largest absolute Gasteiger partial charge is 0.305 e. The van der Waals surface area contributed by atoms with Crippen molar-refractivity contribution in [1.29, 1.82) is 0 Å². The number of aromatic amines is 1. The number of aryl methyl sites for hydroxylation is 1. The standard InChI is InChI=1S/C17H12N6O3/c1-10-6-7-14(15(8-10)23(25)26)22-9-13(20-21-22)16-18-12-5-3-2-4-11(12)17(24)19-16/h2-9H,1H3,(H,18,19,24). The maximum atomic E-state index is 12.2. The SMILES string of the molecule is Cc1ccc(-n2cc(-c3nc4ccccc4c(=O)[nH]3)nn2)c([N+](=O)[O-])c1. The van der Waals surface area contributed by atoms with E-state index in [0.29, 0.717) is 16.6 Å². The summed E-state index contributed by atoms with van der Waals surface area (Å²) in [4.78, 5) is 30.1. The molecule has 0 amide bonds. The van der Waals surface area contributed by atoms with Crippen molar-refractivity contribution in [2.45, 2.75) is 6.92 Å². The van der Waals surface area contributed by atoms with Crippen LogP contribution in [0.15, 0.2) is 53.5 Å². The Labute approximate surface area is 146 Å². The second kappa shape index (κ2) is 5.88. The highest BCUT2D eigenvalue weighted by Gasteiger charge is 2.18. The molecule has 0 spiro atoms. The average Bonchev–Trinajstić information content (AvgIpc) is 3.11. The number of hydrogen-bond acceptors (Lipinski definition) is 6. The molecule has 2 heterocycles. The van der Waals surface area contributed by atoms with Crippen LogP contribution in [0.2, 0.25) is 0 Å². The second-order valence-corrected chi connectivity index (χ2v) is 5.73. The van der Waals surface area contributed by atoms with E-state index in [1.807, 2.05) is 0 Å². The summed E-state index contributed by atoms with van der Waals surface area (Å²) >= 11 is 0. The van der Waals surface area contributed by atoms with Crippen LogP contribution in [0, 0.1) is 17.0 Å². The molecule has 128 valence electrons. The molecule has 4 aromatic rings. The van der Waals surface area contributed by atoms with Crippen molar-refractivity contribution in [3.8, 4) is 17.2 Å². The maximum Gasteiger partial charge on any atom is 0.295 e. The molecule has 9 nitrogen and oxygen atoms in total. The third-order valence-electron chi connectivity index (χ3n) is 3.92. The lowest BCUT2D eigenvalue weighted by molar-refractivity contribution is -0.384. The highest BCUT2D eigenvalue weighted by atomic mass is 16.6. The lowest BCUT2D eigenvalue weighted by Crippen LogP contribution is -2.09. The van der Waals surface area contributed by atoms with Crippen molar-refractivity contribution in [3.63, 3.8) is 0 Å². The van der Waals surface area contributed by atoms with Gasteiger partial charge in [0.2, 0.25) is 0 Å². The molecule has 0 saturated heterocycles. The highest BCUT2D eigenvalue weighted by Crippen LogP contribution is 2.24. The van der Waals surface area contributed by atoms with Crippen molar-refractivity contribution in [2.75, 3.05) is 0 Å². The summed E-state index contributed by atoms with van der Waals surface area (Å²) in [6, 6.07) is 11.8. The van der Waals surface area contributed by atoms with E-state index < -0.39 is 4.92 Å². The number of nitro benzene ring substituents is 1. The van der Waals surface area contributed by atoms with Crippen LogP contribution in [0.1, 0.15) is 5.56 Å². The average molecular weight is 348 g/mol. The minimum Gasteiger partial charge on any atom is -0.305 e. The van der Waals surface area contributed by atoms with Gasteiger partial charge < -0.3 is 4.98 Å². The zero-order valence-electron chi connectivity index (χ0n) is 13.6. The molecule has 0 aliphatic carbocycles. The zero-order chi connectivity index (χ0) is 18.3. The minimum absolute atomic E-state index is 0.0820. The van der Waals surface area contributed by atoms with Crippen LogP contribution in [-0.2, 0) is 0 Å². The summed E-state index contributed by atoms with van der Waals surface area (Å²) in [6.45, 7) is 1.77. The number of nitrogens with one attached hydrogen (secondary N) is 1. The van der Waals surface area contributed by atoms with Crippen LogP contribution in [-0.4, -0.2) is 29.9 Å². The smallest absolute Gasteiger partial charge is 0.295 e. The molecule has 0 aliphatic rings. The summed E-state index contributed by atoms with van der Waals surface area (Å²) in [6.07, 6.45) is 1.49. The molecule has 1 N–H and O–H groups in total. The van der Waals surface area contributed by atoms with Gasteiger partial charge in [-0.2, -0.15) is 0 Å². The van der Waals surface area contributed by atoms with E-state index in [1.165, 1.54) is 16.9 Å². The summed E-state index contributed by atoms with van der Waals surface area (Å²) in [5, 5.41) is 19.7. The molecule has 0 bridgehead atoms. The summed E-state index contributed by atoms with van der Waals surface area (Å²) < 4.78 is 1.29. The summed E-state index contributed by atoms with van der Waals surface area (Å²) in [7, 11) is 0. The Morgan fingerprint density at radius 2 is 2.00 bits per heavy atom. The van der Waals surface area contributed by atoms with Gasteiger partial charge >= 0.3 is 0 Å². The molecule has 0 unspecified atom stereocenters. The lowest BCUT2D eigenvalue weighted by atomic mass is 10.2. The van der Waals surface area contributed by atoms with Crippen LogP contribution in [0.5, 0.6) is 0 Å². The number of nitro groups is 1. The van der Waals surface area contributed by atoms with Crippen LogP contribution in [0.3, 0.4) is 0 Å². The fourth-order valence-electron chi connectivity index (χ4n) is 2.67. The number of nitrogens with zero attached hydrogens (tertiary/aromatic N) is 5. The molecular weight excluding hydrogens is 336 g/mol. The Morgan fingerprint density at radius 3 is 2.81 bits per heavy atom. The number of H-pyrrole nitrogens is 1. The summed E-state index contributed by atoms with van der Waals surface area (Å²) in [5.74, 6) is 0.245. The van der Waals surface area contributed by atoms with E-state index in [-0.39, 0.29) is 22.8 Å². The maximum absolute atomic E-state index is 12.2. The van der Waals surface area contributed by atoms with Gasteiger partial charge in [0.15, 0.2) is 5.82 Å². The first kappa shape index (κ1) is 15.6. The lowest BCUT2D eigenvalue weighted by Gasteiger charge is -2.02. The first-order valence-electron chi connectivity index (χ1n) is 7.70. The number of fused-ring (bicyclic) bond motifs is 1. The Hall–Kier alpha value is -3.88. The van der Waals surface area contributed by atoms with Crippen molar-refractivity contribution < 1.29 is 4.92 Å². The Bertz CT molecular complexity index is 1210. The minimum atomic E-state index is -0.472. The van der Waals surface area contributed by atoms with Crippen LogP contribution in [0.4, 0.5) is 5.69 Å². The van der Waals surface area contributed by atoms with Crippen molar-refractivity contribution in [3.05, 3.63) is 74.7 Å². The third kappa shape index (κ3) is 2.61. The molecule has 2 aromatic carbocycles. The monoisotopic (exact) mass is 348 g/mol. The molecule has 0 aliphatic heterocycles. The van der Waals surface area contributed by atoms with Gasteiger partial charge in [-0.05, 0) is 30.7 Å². The quantitative estimate of drug-likeness (QED) is 0.448. The highest BCUT2D eigenvalue weighted by molar-refractivity contribution is 5.78. The Morgan fingerprint density at radius 1 is 1.19 bits per heavy atom. The fourth-order valence-corrected chi connectivity index (χ4v) is 2.67.